The van der Waals surface area contributed by atoms with Crippen LogP contribution in [0.2, 0.25) is 0 Å². The quantitative estimate of drug-likeness (QED) is 0.155. The summed E-state index contributed by atoms with van der Waals surface area (Å²) in [6, 6.07) is 25.7. The van der Waals surface area contributed by atoms with Crippen molar-refractivity contribution in [2.75, 3.05) is 0 Å². The molecule has 0 N–H and O–H groups in total. The van der Waals surface area contributed by atoms with Gasteiger partial charge < -0.3 is 67.9 Å². The van der Waals surface area contributed by atoms with E-state index in [1.165, 1.54) is 50.1 Å². The zero-order valence-electron chi connectivity index (χ0n) is 31.8. The van der Waals surface area contributed by atoms with Gasteiger partial charge in [0, 0.05) is 22.4 Å². The predicted molar refractivity (Wildman–Crippen MR) is 209 cm³/mol. The van der Waals surface area contributed by atoms with Crippen LogP contribution in [-0.2, 0) is 34.1 Å². The van der Waals surface area contributed by atoms with Gasteiger partial charge in [0.2, 0.25) is 0 Å². The largest absolute Gasteiger partial charge is 2.00 e. The molecule has 0 unspecified atom stereocenters. The van der Waals surface area contributed by atoms with Crippen LogP contribution >= 0.6 is 15.9 Å². The fourth-order valence-corrected chi connectivity index (χ4v) is 6.77. The van der Waals surface area contributed by atoms with Gasteiger partial charge in [-0.05, 0) is 130 Å². The van der Waals surface area contributed by atoms with Crippen molar-refractivity contribution in [3.05, 3.63) is 129 Å². The summed E-state index contributed by atoms with van der Waals surface area (Å²) in [5.74, 6) is 1.12. The van der Waals surface area contributed by atoms with Gasteiger partial charge in [-0.1, -0.05) is 89.5 Å². The van der Waals surface area contributed by atoms with Gasteiger partial charge >= 0.3 is 34.1 Å². The molecule has 296 valence electrons. The second-order valence-corrected chi connectivity index (χ2v) is 14.6. The molecule has 0 atom stereocenters. The molecule has 2 aromatic heterocycles. The van der Waals surface area contributed by atoms with Gasteiger partial charge in [-0.3, -0.25) is 20.0 Å². The first-order valence-electron chi connectivity index (χ1n) is 17.0. The van der Waals surface area contributed by atoms with Crippen molar-refractivity contribution >= 4 is 39.7 Å². The van der Waals surface area contributed by atoms with Crippen molar-refractivity contribution in [3.8, 4) is 22.3 Å². The van der Waals surface area contributed by atoms with Crippen molar-refractivity contribution in [2.24, 2.45) is 9.98 Å². The maximum absolute atomic E-state index is 5.07. The Morgan fingerprint density at radius 3 is 1.19 bits per heavy atom. The Morgan fingerprint density at radius 1 is 0.519 bits per heavy atom. The van der Waals surface area contributed by atoms with Crippen molar-refractivity contribution in [1.29, 1.82) is 0 Å². The van der Waals surface area contributed by atoms with Crippen molar-refractivity contribution < 1.29 is 102 Å². The third-order valence-corrected chi connectivity index (χ3v) is 9.45. The Labute approximate surface area is 394 Å². The molecular formula is C43H47Br5Cu2N4. The maximum atomic E-state index is 5.07. The Kier molecular flexibility index (Phi) is 25.6. The van der Waals surface area contributed by atoms with Crippen LogP contribution in [-0.4, -0.2) is 22.4 Å². The number of hydrogen-bond donors (Lipinski definition) is 0. The fraction of sp³-hybridized carbons (Fsp3) is 0.302. The Morgan fingerprint density at radius 2 is 0.870 bits per heavy atom. The number of aromatic nitrogens is 2. The van der Waals surface area contributed by atoms with Gasteiger partial charge in [0.25, 0.3) is 0 Å². The van der Waals surface area contributed by atoms with E-state index in [4.69, 9.17) is 9.98 Å². The number of rotatable bonds is 10. The van der Waals surface area contributed by atoms with E-state index in [-0.39, 0.29) is 126 Å². The number of nitrogens with zero attached hydrogens (tertiary/aromatic N) is 4. The molecule has 2 radical (unpaired) electrons. The van der Waals surface area contributed by atoms with Gasteiger partial charge in [-0.2, -0.15) is 0 Å². The van der Waals surface area contributed by atoms with E-state index in [1.807, 2.05) is 61.2 Å². The molecule has 5 rings (SSSR count). The first-order valence-corrected chi connectivity index (χ1v) is 17.8. The normalized spacial score (nSPS) is 10.8. The average molecular weight is 1150 g/mol. The standard InChI is InChI=1S/C43H47BrN4.4BrH.2Cu/c1-26(2)35-20-31(21-36(27(3)4)42(35)47-24-33-14-10-12-18-45-33)40-30(9)16-17-39(44)41(40)32-22-37(28(5)6)43(38(23-32)29(7)8)48-25-34-15-11-13-19-46-34;;;;;;/h10-29H,1-9H3;4*1H;;/q;;;;;2*+2/p-4/b47-24+,48-25+;;;;;;. The molecule has 0 saturated carbocycles. The van der Waals surface area contributed by atoms with Crippen LogP contribution in [0.3, 0.4) is 0 Å². The van der Waals surface area contributed by atoms with Crippen LogP contribution < -0.4 is 67.9 Å². The summed E-state index contributed by atoms with van der Waals surface area (Å²) in [5, 5.41) is 0. The smallest absolute Gasteiger partial charge is 1.00 e. The van der Waals surface area contributed by atoms with Crippen LogP contribution in [0.1, 0.15) is 118 Å². The Balaban J connectivity index is 0. The van der Waals surface area contributed by atoms with Crippen LogP contribution in [0.4, 0.5) is 11.4 Å². The number of pyridine rings is 2. The predicted octanol–water partition coefficient (Wildman–Crippen LogP) is 0.887. The molecule has 0 bridgehead atoms. The molecule has 0 aliphatic heterocycles. The summed E-state index contributed by atoms with van der Waals surface area (Å²) in [5.41, 5.74) is 14.8. The van der Waals surface area contributed by atoms with E-state index in [2.05, 4.69) is 125 Å². The van der Waals surface area contributed by atoms with Gasteiger partial charge in [-0.25, -0.2) is 0 Å². The van der Waals surface area contributed by atoms with E-state index in [0.717, 1.165) is 27.2 Å². The average Bonchev–Trinajstić information content (AvgIpc) is 3.07. The van der Waals surface area contributed by atoms with Crippen LogP contribution in [0.5, 0.6) is 0 Å². The zero-order valence-corrected chi connectivity index (χ0v) is 41.6. The molecule has 0 fully saturated rings. The number of halogens is 5. The summed E-state index contributed by atoms with van der Waals surface area (Å²) in [4.78, 5) is 19.1. The SMILES string of the molecule is Cc1ccc(Br)c(-c2cc(C(C)C)c(/N=C/c3ccccn3)c(C(C)C)c2)c1-c1cc(C(C)C)c(/N=C/c2ccccn2)c(C(C)C)c1.[Br-].[Br-].[Br-].[Br-].[Cu+2].[Cu+2]. The first-order chi connectivity index (χ1) is 23.0. The molecule has 0 spiro atoms. The van der Waals surface area contributed by atoms with Crippen LogP contribution in [0, 0.1) is 6.92 Å². The van der Waals surface area contributed by atoms with Gasteiger partial charge in [0.15, 0.2) is 0 Å². The minimum absolute atomic E-state index is 0. The molecule has 2 heterocycles. The molecule has 0 amide bonds. The molecule has 4 nitrogen and oxygen atoms in total. The monoisotopic (exact) mass is 1140 g/mol. The molecule has 5 aromatic rings. The van der Waals surface area contributed by atoms with Crippen molar-refractivity contribution in [2.45, 2.75) is 86.0 Å². The van der Waals surface area contributed by atoms with E-state index < -0.39 is 0 Å². The molecular weight excluding hydrogens is 1100 g/mol. The van der Waals surface area contributed by atoms with Crippen LogP contribution in [0.15, 0.2) is 99.6 Å². The summed E-state index contributed by atoms with van der Waals surface area (Å²) in [6.07, 6.45) is 7.40. The zero-order chi connectivity index (χ0) is 34.5. The van der Waals surface area contributed by atoms with Gasteiger partial charge in [-0.15, -0.1) is 0 Å². The minimum atomic E-state index is 0. The van der Waals surface area contributed by atoms with Crippen molar-refractivity contribution in [1.82, 2.24) is 9.97 Å². The third kappa shape index (κ3) is 13.1. The van der Waals surface area contributed by atoms with E-state index in [1.54, 1.807) is 0 Å². The van der Waals surface area contributed by atoms with Crippen LogP contribution in [0.25, 0.3) is 22.3 Å². The summed E-state index contributed by atoms with van der Waals surface area (Å²) < 4.78 is 1.08. The second kappa shape index (κ2) is 25.2. The molecule has 0 aliphatic rings. The molecule has 0 saturated heterocycles. The molecule has 54 heavy (non-hydrogen) atoms. The van der Waals surface area contributed by atoms with E-state index >= 15 is 0 Å². The Bertz CT molecular complexity index is 1770. The van der Waals surface area contributed by atoms with Gasteiger partial charge in [0.1, 0.15) is 0 Å². The van der Waals surface area contributed by atoms with Gasteiger partial charge in [0.05, 0.1) is 35.2 Å². The molecule has 0 aliphatic carbocycles. The second-order valence-electron chi connectivity index (χ2n) is 13.8. The number of aliphatic imine (C=N–C) groups is 2. The number of aryl methyl sites for hydroxylation is 1. The Hall–Kier alpha value is -1.26. The molecule has 11 heteroatoms. The first kappa shape index (κ1) is 54.8. The number of hydrogen-bond acceptors (Lipinski definition) is 4. The number of benzene rings is 3. The fourth-order valence-electron chi connectivity index (χ4n) is 6.21. The third-order valence-electron chi connectivity index (χ3n) is 8.79. The topological polar surface area (TPSA) is 50.5 Å². The van der Waals surface area contributed by atoms with E-state index in [9.17, 15) is 0 Å². The van der Waals surface area contributed by atoms with Crippen molar-refractivity contribution in [3.63, 3.8) is 0 Å². The maximum Gasteiger partial charge on any atom is 2.00 e. The molecule has 3 aromatic carbocycles. The summed E-state index contributed by atoms with van der Waals surface area (Å²) in [6.45, 7) is 20.3. The summed E-state index contributed by atoms with van der Waals surface area (Å²) in [7, 11) is 0. The van der Waals surface area contributed by atoms with E-state index in [0.29, 0.717) is 0 Å². The minimum Gasteiger partial charge on any atom is -1.00 e. The summed E-state index contributed by atoms with van der Waals surface area (Å²) >= 11 is 4.01.